The van der Waals surface area contributed by atoms with Gasteiger partial charge in [-0.2, -0.15) is 16.7 Å². The number of nitrogens with zero attached hydrogens (tertiary/aromatic N) is 5. The van der Waals surface area contributed by atoms with Crippen LogP contribution < -0.4 is 0 Å². The summed E-state index contributed by atoms with van der Waals surface area (Å²) < 4.78 is 1.58. The lowest BCUT2D eigenvalue weighted by atomic mass is 10.00. The van der Waals surface area contributed by atoms with Gasteiger partial charge in [0.25, 0.3) is 11.7 Å². The fraction of sp³-hybridized carbons (Fsp3) is 0.571. The van der Waals surface area contributed by atoms with Crippen molar-refractivity contribution in [1.82, 2.24) is 24.5 Å². The summed E-state index contributed by atoms with van der Waals surface area (Å²) >= 11 is 1.84. The van der Waals surface area contributed by atoms with Crippen LogP contribution in [0.3, 0.4) is 0 Å². The first-order valence-corrected chi connectivity index (χ1v) is 8.54. The van der Waals surface area contributed by atoms with Crippen LogP contribution in [-0.2, 0) is 0 Å². The van der Waals surface area contributed by atoms with E-state index in [9.17, 15) is 4.79 Å². The lowest BCUT2D eigenvalue weighted by Crippen LogP contribution is -2.41. The van der Waals surface area contributed by atoms with Crippen LogP contribution in [0, 0.1) is 12.8 Å². The average Bonchev–Trinajstić information content (AvgIpc) is 2.90. The fourth-order valence-corrected chi connectivity index (χ4v) is 3.47. The van der Waals surface area contributed by atoms with Gasteiger partial charge >= 0.3 is 0 Å². The van der Waals surface area contributed by atoms with Gasteiger partial charge in [0.15, 0.2) is 0 Å². The summed E-state index contributed by atoms with van der Waals surface area (Å²) in [5.74, 6) is 2.32. The second kappa shape index (κ2) is 6.01. The third kappa shape index (κ3) is 3.02. The molecule has 7 heteroatoms. The first-order chi connectivity index (χ1) is 10.2. The summed E-state index contributed by atoms with van der Waals surface area (Å²) in [6, 6.07) is 0. The van der Waals surface area contributed by atoms with E-state index in [-0.39, 0.29) is 11.7 Å². The average molecular weight is 305 g/mol. The number of fused-ring (bicyclic) bond motifs is 1. The van der Waals surface area contributed by atoms with Crippen molar-refractivity contribution in [1.29, 1.82) is 0 Å². The Balaban J connectivity index is 1.79. The highest BCUT2D eigenvalue weighted by Crippen LogP contribution is 2.20. The Morgan fingerprint density at radius 1 is 1.52 bits per heavy atom. The molecular formula is C14H19N5OS. The SMILES string of the molecule is CSCC1CCCN(C(=O)c2nc3ncc(C)cn3n2)C1. The van der Waals surface area contributed by atoms with Crippen LogP contribution in [0.5, 0.6) is 0 Å². The monoisotopic (exact) mass is 305 g/mol. The summed E-state index contributed by atoms with van der Waals surface area (Å²) in [5, 5.41) is 4.27. The molecule has 6 nitrogen and oxygen atoms in total. The second-order valence-electron chi connectivity index (χ2n) is 5.53. The molecule has 0 N–H and O–H groups in total. The molecule has 0 spiro atoms. The quantitative estimate of drug-likeness (QED) is 0.863. The minimum Gasteiger partial charge on any atom is -0.336 e. The van der Waals surface area contributed by atoms with Gasteiger partial charge in [0.1, 0.15) is 0 Å². The fourth-order valence-electron chi connectivity index (χ4n) is 2.73. The molecule has 0 aromatic carbocycles. The highest BCUT2D eigenvalue weighted by Gasteiger charge is 2.26. The van der Waals surface area contributed by atoms with Crippen LogP contribution in [0.15, 0.2) is 12.4 Å². The Kier molecular flexibility index (Phi) is 4.10. The molecule has 1 aliphatic heterocycles. The van der Waals surface area contributed by atoms with E-state index in [2.05, 4.69) is 21.3 Å². The van der Waals surface area contributed by atoms with Crippen LogP contribution in [0.1, 0.15) is 29.0 Å². The topological polar surface area (TPSA) is 63.4 Å². The van der Waals surface area contributed by atoms with Crippen molar-refractivity contribution in [2.24, 2.45) is 5.92 Å². The van der Waals surface area contributed by atoms with Crippen LogP contribution in [-0.4, -0.2) is 55.5 Å². The Bertz CT molecular complexity index is 654. The van der Waals surface area contributed by atoms with Crippen LogP contribution in [0.25, 0.3) is 5.78 Å². The molecule has 1 amide bonds. The number of amides is 1. The van der Waals surface area contributed by atoms with E-state index in [1.165, 1.54) is 6.42 Å². The molecule has 3 heterocycles. The van der Waals surface area contributed by atoms with Crippen molar-refractivity contribution in [2.45, 2.75) is 19.8 Å². The van der Waals surface area contributed by atoms with Gasteiger partial charge in [-0.15, -0.1) is 5.10 Å². The van der Waals surface area contributed by atoms with Crippen molar-refractivity contribution in [3.63, 3.8) is 0 Å². The Morgan fingerprint density at radius 2 is 2.38 bits per heavy atom. The van der Waals surface area contributed by atoms with Gasteiger partial charge < -0.3 is 4.90 Å². The molecule has 1 fully saturated rings. The Hall–Kier alpha value is -1.63. The third-order valence-corrected chi connectivity index (χ3v) is 4.53. The van der Waals surface area contributed by atoms with Crippen molar-refractivity contribution in [2.75, 3.05) is 25.1 Å². The molecule has 21 heavy (non-hydrogen) atoms. The van der Waals surface area contributed by atoms with Gasteiger partial charge in [-0.05, 0) is 43.3 Å². The Morgan fingerprint density at radius 3 is 3.19 bits per heavy atom. The number of likely N-dealkylation sites (tertiary alicyclic amines) is 1. The lowest BCUT2D eigenvalue weighted by molar-refractivity contribution is 0.0673. The zero-order valence-electron chi connectivity index (χ0n) is 12.3. The van der Waals surface area contributed by atoms with E-state index in [1.807, 2.05) is 29.8 Å². The first-order valence-electron chi connectivity index (χ1n) is 7.14. The number of thioether (sulfide) groups is 1. The highest BCUT2D eigenvalue weighted by molar-refractivity contribution is 7.98. The predicted molar refractivity (Wildman–Crippen MR) is 82.5 cm³/mol. The van der Waals surface area contributed by atoms with Crippen molar-refractivity contribution in [3.05, 3.63) is 23.8 Å². The van der Waals surface area contributed by atoms with Crippen molar-refractivity contribution in [3.8, 4) is 0 Å². The standard InChI is InChI=1S/C14H19N5OS/c1-10-6-15-14-16-12(17-19(14)7-10)13(20)18-5-3-4-11(8-18)9-21-2/h6-7,11H,3-5,8-9H2,1-2H3. The van der Waals surface area contributed by atoms with Crippen molar-refractivity contribution >= 4 is 23.4 Å². The van der Waals surface area contributed by atoms with E-state index in [1.54, 1.807) is 10.7 Å². The van der Waals surface area contributed by atoms with Crippen LogP contribution >= 0.6 is 11.8 Å². The second-order valence-corrected chi connectivity index (χ2v) is 6.44. The minimum absolute atomic E-state index is 0.0797. The lowest BCUT2D eigenvalue weighted by Gasteiger charge is -2.31. The van der Waals surface area contributed by atoms with Gasteiger partial charge in [0, 0.05) is 25.5 Å². The molecule has 0 radical (unpaired) electrons. The Labute approximate surface area is 128 Å². The summed E-state index contributed by atoms with van der Waals surface area (Å²) in [5.41, 5.74) is 0.990. The van der Waals surface area contributed by atoms with E-state index >= 15 is 0 Å². The predicted octanol–water partition coefficient (Wildman–Crippen LogP) is 1.65. The smallest absolute Gasteiger partial charge is 0.293 e. The zero-order chi connectivity index (χ0) is 14.8. The molecule has 0 aliphatic carbocycles. The maximum atomic E-state index is 12.6. The minimum atomic E-state index is -0.0797. The van der Waals surface area contributed by atoms with Crippen molar-refractivity contribution < 1.29 is 4.79 Å². The van der Waals surface area contributed by atoms with Crippen LogP contribution in [0.2, 0.25) is 0 Å². The third-order valence-electron chi connectivity index (χ3n) is 3.72. The molecule has 1 aliphatic rings. The number of carbonyl (C=O) groups is 1. The number of hydrogen-bond acceptors (Lipinski definition) is 5. The maximum absolute atomic E-state index is 12.6. The number of aryl methyl sites for hydroxylation is 1. The zero-order valence-corrected chi connectivity index (χ0v) is 13.1. The molecule has 2 aromatic rings. The summed E-state index contributed by atoms with van der Waals surface area (Å²) in [6.07, 6.45) is 7.93. The number of piperidine rings is 1. The molecule has 112 valence electrons. The number of rotatable bonds is 3. The molecule has 3 rings (SSSR count). The van der Waals surface area contributed by atoms with E-state index in [0.717, 1.165) is 30.8 Å². The molecular weight excluding hydrogens is 286 g/mol. The van der Waals surface area contributed by atoms with Gasteiger partial charge in [-0.25, -0.2) is 9.50 Å². The molecule has 1 atom stereocenters. The summed E-state index contributed by atoms with van der Waals surface area (Å²) in [4.78, 5) is 22.9. The first kappa shape index (κ1) is 14.3. The molecule has 2 aromatic heterocycles. The molecule has 0 bridgehead atoms. The van der Waals surface area contributed by atoms with E-state index < -0.39 is 0 Å². The maximum Gasteiger partial charge on any atom is 0.293 e. The van der Waals surface area contributed by atoms with Gasteiger partial charge in [-0.1, -0.05) is 0 Å². The molecule has 0 saturated carbocycles. The number of carbonyl (C=O) groups excluding carboxylic acids is 1. The van der Waals surface area contributed by atoms with Gasteiger partial charge in [-0.3, -0.25) is 4.79 Å². The number of hydrogen-bond donors (Lipinski definition) is 0. The summed E-state index contributed by atoms with van der Waals surface area (Å²) in [7, 11) is 0. The van der Waals surface area contributed by atoms with Gasteiger partial charge in [0.2, 0.25) is 5.82 Å². The number of aromatic nitrogens is 4. The van der Waals surface area contributed by atoms with E-state index in [0.29, 0.717) is 11.7 Å². The largest absolute Gasteiger partial charge is 0.336 e. The van der Waals surface area contributed by atoms with Crippen LogP contribution in [0.4, 0.5) is 0 Å². The van der Waals surface area contributed by atoms with E-state index in [4.69, 9.17) is 0 Å². The normalized spacial score (nSPS) is 19.1. The summed E-state index contributed by atoms with van der Waals surface area (Å²) in [6.45, 7) is 3.54. The van der Waals surface area contributed by atoms with Gasteiger partial charge in [0.05, 0.1) is 0 Å². The molecule has 1 saturated heterocycles. The molecule has 1 unspecified atom stereocenters. The highest BCUT2D eigenvalue weighted by atomic mass is 32.2.